The van der Waals surface area contributed by atoms with E-state index in [1.165, 1.54) is 6.07 Å². The Labute approximate surface area is 68.8 Å². The number of benzene rings is 1. The minimum absolute atomic E-state index is 0.197. The molecule has 1 aromatic carbocycles. The van der Waals surface area contributed by atoms with Gasteiger partial charge in [-0.05, 0) is 12.1 Å². The molecule has 12 heavy (non-hydrogen) atoms. The van der Waals surface area contributed by atoms with E-state index >= 15 is 0 Å². The van der Waals surface area contributed by atoms with E-state index in [0.717, 1.165) is 0 Å². The molecule has 64 valence electrons. The lowest BCUT2D eigenvalue weighted by Gasteiger charge is -2.23. The van der Waals surface area contributed by atoms with Gasteiger partial charge in [0.15, 0.2) is 11.5 Å². The summed E-state index contributed by atoms with van der Waals surface area (Å²) in [6, 6.07) is 4.76. The average Bonchev–Trinajstić information content (AvgIpc) is 2.49. The van der Waals surface area contributed by atoms with E-state index < -0.39 is 0 Å². The second-order valence-electron chi connectivity index (χ2n) is 2.36. The fourth-order valence-corrected chi connectivity index (χ4v) is 1.02. The van der Waals surface area contributed by atoms with Crippen LogP contribution in [0.3, 0.4) is 0 Å². The summed E-state index contributed by atoms with van der Waals surface area (Å²) in [5, 5.41) is 10.9. The van der Waals surface area contributed by atoms with Crippen molar-refractivity contribution in [3.63, 3.8) is 0 Å². The van der Waals surface area contributed by atoms with E-state index in [0.29, 0.717) is 17.2 Å². The number of ether oxygens (including phenoxy) is 2. The van der Waals surface area contributed by atoms with Crippen LogP contribution in [0.15, 0.2) is 18.2 Å². The summed E-state index contributed by atoms with van der Waals surface area (Å²) in [6.45, 7) is 0.197. The molecule has 0 fully saturated rings. The lowest BCUT2D eigenvalue weighted by Crippen LogP contribution is -2.22. The van der Waals surface area contributed by atoms with Crippen LogP contribution in [0.2, 0.25) is 0 Å². The topological polar surface area (TPSA) is 70.8 Å². The highest BCUT2D eigenvalue weighted by atomic mass is 16.7. The highest BCUT2D eigenvalue weighted by Gasteiger charge is 2.12. The molecular formula is C7H7N2O3-. The van der Waals surface area contributed by atoms with Crippen LogP contribution < -0.4 is 20.5 Å². The largest absolute Gasteiger partial charge is 0.743 e. The van der Waals surface area contributed by atoms with Gasteiger partial charge in [0.25, 0.3) is 0 Å². The SMILES string of the molecule is NN([O-])c1ccc2c(c1)OCO2. The number of anilines is 1. The van der Waals surface area contributed by atoms with Crippen LogP contribution in [0.25, 0.3) is 0 Å². The normalized spacial score (nSPS) is 13.2. The van der Waals surface area contributed by atoms with E-state index in [1.54, 1.807) is 12.1 Å². The van der Waals surface area contributed by atoms with Gasteiger partial charge in [-0.3, -0.25) is 5.84 Å². The zero-order chi connectivity index (χ0) is 8.55. The molecule has 0 saturated heterocycles. The second-order valence-corrected chi connectivity index (χ2v) is 2.36. The first-order chi connectivity index (χ1) is 5.77. The van der Waals surface area contributed by atoms with E-state index in [9.17, 15) is 5.21 Å². The van der Waals surface area contributed by atoms with E-state index in [-0.39, 0.29) is 12.0 Å². The molecule has 0 aliphatic carbocycles. The summed E-state index contributed by atoms with van der Waals surface area (Å²) >= 11 is 0. The quantitative estimate of drug-likeness (QED) is 0.489. The van der Waals surface area contributed by atoms with Crippen LogP contribution in [0.4, 0.5) is 5.69 Å². The van der Waals surface area contributed by atoms with Crippen LogP contribution in [0, 0.1) is 5.21 Å². The highest BCUT2D eigenvalue weighted by molar-refractivity contribution is 5.56. The van der Waals surface area contributed by atoms with Gasteiger partial charge in [-0.2, -0.15) is 0 Å². The fraction of sp³-hybridized carbons (Fsp3) is 0.143. The molecule has 0 spiro atoms. The van der Waals surface area contributed by atoms with Crippen LogP contribution in [-0.2, 0) is 0 Å². The Kier molecular flexibility index (Phi) is 1.53. The number of nitrogens with two attached hydrogens (primary N) is 1. The molecule has 0 radical (unpaired) electrons. The molecule has 0 bridgehead atoms. The highest BCUT2D eigenvalue weighted by Crippen LogP contribution is 2.34. The van der Waals surface area contributed by atoms with Gasteiger partial charge in [0.2, 0.25) is 6.79 Å². The number of hydrogen-bond donors (Lipinski definition) is 1. The lowest BCUT2D eigenvalue weighted by atomic mass is 10.3. The standard InChI is InChI=1S/C7H7N2O3/c8-9(10)5-1-2-6-7(3-5)12-4-11-6/h1-3H,4,8H2/q-1. The monoisotopic (exact) mass is 167 g/mol. The third-order valence-corrected chi connectivity index (χ3v) is 1.61. The van der Waals surface area contributed by atoms with Crippen molar-refractivity contribution in [2.45, 2.75) is 0 Å². The predicted octanol–water partition coefficient (Wildman–Crippen LogP) is 0.593. The molecule has 2 rings (SSSR count). The van der Waals surface area contributed by atoms with Crippen molar-refractivity contribution < 1.29 is 9.47 Å². The van der Waals surface area contributed by atoms with E-state index in [1.807, 2.05) is 0 Å². The zero-order valence-electron chi connectivity index (χ0n) is 6.19. The molecule has 0 unspecified atom stereocenters. The van der Waals surface area contributed by atoms with Crippen molar-refractivity contribution >= 4 is 5.69 Å². The minimum atomic E-state index is 0.197. The van der Waals surface area contributed by atoms with Crippen molar-refractivity contribution in [2.75, 3.05) is 12.0 Å². The zero-order valence-corrected chi connectivity index (χ0v) is 6.19. The third-order valence-electron chi connectivity index (χ3n) is 1.61. The third kappa shape index (κ3) is 1.05. The summed E-state index contributed by atoms with van der Waals surface area (Å²) in [6.07, 6.45) is 0. The molecule has 0 saturated carbocycles. The Bertz CT molecular complexity index is 301. The first-order valence-corrected chi connectivity index (χ1v) is 3.39. The number of hydrazine groups is 1. The maximum atomic E-state index is 10.6. The average molecular weight is 167 g/mol. The van der Waals surface area contributed by atoms with Gasteiger partial charge in [0, 0.05) is 11.8 Å². The Morgan fingerprint density at radius 2 is 2.08 bits per heavy atom. The van der Waals surface area contributed by atoms with Gasteiger partial charge in [-0.15, -0.1) is 0 Å². The van der Waals surface area contributed by atoms with Crippen LogP contribution in [0.5, 0.6) is 11.5 Å². The lowest BCUT2D eigenvalue weighted by molar-refractivity contribution is 0.174. The first kappa shape index (κ1) is 7.20. The molecule has 1 aliphatic heterocycles. The van der Waals surface area contributed by atoms with E-state index in [2.05, 4.69) is 0 Å². The minimum Gasteiger partial charge on any atom is -0.743 e. The van der Waals surface area contributed by atoms with Crippen molar-refractivity contribution in [2.24, 2.45) is 5.84 Å². The van der Waals surface area contributed by atoms with E-state index in [4.69, 9.17) is 15.3 Å². The molecule has 2 N–H and O–H groups in total. The molecule has 1 aromatic rings. The van der Waals surface area contributed by atoms with Gasteiger partial charge < -0.3 is 19.9 Å². The number of nitrogens with zero attached hydrogens (tertiary/aromatic N) is 1. The summed E-state index contributed by atoms with van der Waals surface area (Å²) in [5.41, 5.74) is 0.347. The maximum Gasteiger partial charge on any atom is 0.231 e. The molecule has 5 nitrogen and oxygen atoms in total. The number of rotatable bonds is 1. The van der Waals surface area contributed by atoms with Crippen LogP contribution >= 0.6 is 0 Å². The maximum absolute atomic E-state index is 10.6. The first-order valence-electron chi connectivity index (χ1n) is 3.39. The van der Waals surface area contributed by atoms with Crippen molar-refractivity contribution in [3.8, 4) is 11.5 Å². The molecular weight excluding hydrogens is 160 g/mol. The van der Waals surface area contributed by atoms with Crippen molar-refractivity contribution in [1.82, 2.24) is 0 Å². The van der Waals surface area contributed by atoms with Gasteiger partial charge in [0.1, 0.15) is 0 Å². The summed E-state index contributed by atoms with van der Waals surface area (Å²) in [5.74, 6) is 6.18. The summed E-state index contributed by atoms with van der Waals surface area (Å²) in [4.78, 5) is 0. The molecule has 0 atom stereocenters. The summed E-state index contributed by atoms with van der Waals surface area (Å²) < 4.78 is 10.1. The summed E-state index contributed by atoms with van der Waals surface area (Å²) in [7, 11) is 0. The van der Waals surface area contributed by atoms with Gasteiger partial charge in [-0.1, -0.05) is 0 Å². The van der Waals surface area contributed by atoms with Crippen molar-refractivity contribution in [3.05, 3.63) is 23.4 Å². The van der Waals surface area contributed by atoms with Gasteiger partial charge in [0.05, 0.1) is 0 Å². The van der Waals surface area contributed by atoms with Crippen molar-refractivity contribution in [1.29, 1.82) is 0 Å². The Balaban J connectivity index is 2.39. The Hall–Kier alpha value is -1.46. The predicted molar refractivity (Wildman–Crippen MR) is 42.6 cm³/mol. The molecule has 0 aromatic heterocycles. The van der Waals surface area contributed by atoms with Crippen LogP contribution in [-0.4, -0.2) is 6.79 Å². The fourth-order valence-electron chi connectivity index (χ4n) is 1.02. The molecule has 0 amide bonds. The molecule has 1 heterocycles. The second kappa shape index (κ2) is 2.54. The smallest absolute Gasteiger partial charge is 0.231 e. The van der Waals surface area contributed by atoms with Gasteiger partial charge in [-0.25, -0.2) is 0 Å². The molecule has 5 heteroatoms. The van der Waals surface area contributed by atoms with Crippen LogP contribution in [0.1, 0.15) is 0 Å². The number of fused-ring (bicyclic) bond motifs is 1. The Morgan fingerprint density at radius 3 is 2.83 bits per heavy atom. The number of hydrogen-bond acceptors (Lipinski definition) is 5. The molecule has 1 aliphatic rings. The Morgan fingerprint density at radius 1 is 1.33 bits per heavy atom. The van der Waals surface area contributed by atoms with Gasteiger partial charge >= 0.3 is 0 Å².